The predicted molar refractivity (Wildman–Crippen MR) is 128 cm³/mol. The third-order valence-electron chi connectivity index (χ3n) is 7.10. The first kappa shape index (κ1) is 22.8. The number of amides is 1. The summed E-state index contributed by atoms with van der Waals surface area (Å²) in [6.45, 7) is 9.14. The van der Waals surface area contributed by atoms with Crippen LogP contribution in [0.4, 0.5) is 10.1 Å². The van der Waals surface area contributed by atoms with Crippen LogP contribution in [0, 0.1) is 17.7 Å². The maximum Gasteiger partial charge on any atom is 0.224 e. The molecule has 172 valence electrons. The highest BCUT2D eigenvalue weighted by atomic mass is 19.1. The van der Waals surface area contributed by atoms with E-state index >= 15 is 0 Å². The first-order chi connectivity index (χ1) is 15.5. The van der Waals surface area contributed by atoms with Crippen molar-refractivity contribution in [2.75, 3.05) is 31.1 Å². The number of nitrogens with zero attached hydrogens (tertiary/aromatic N) is 2. The minimum atomic E-state index is -0.211. The van der Waals surface area contributed by atoms with Gasteiger partial charge in [0.2, 0.25) is 5.91 Å². The first-order valence-electron chi connectivity index (χ1n) is 12.1. The van der Waals surface area contributed by atoms with Crippen molar-refractivity contribution in [3.05, 3.63) is 65.5 Å². The number of carbonyl (C=O) groups is 1. The molecule has 4 rings (SSSR count). The third kappa shape index (κ3) is 5.89. The number of piperidine rings is 2. The van der Waals surface area contributed by atoms with E-state index in [0.29, 0.717) is 0 Å². The largest absolute Gasteiger partial charge is 0.372 e. The number of likely N-dealkylation sites (tertiary alicyclic amines) is 1. The SMILES string of the molecule is CC1CCN(c2ccc([C@H](C)NC(=O)[C@H]3CCCN(Cc4ccc(F)cc4)C3)cc2)CC1. The van der Waals surface area contributed by atoms with Crippen molar-refractivity contribution in [1.29, 1.82) is 0 Å². The van der Waals surface area contributed by atoms with E-state index in [9.17, 15) is 9.18 Å². The lowest BCUT2D eigenvalue weighted by molar-refractivity contribution is -0.127. The molecule has 2 fully saturated rings. The molecule has 2 aromatic rings. The molecule has 1 amide bonds. The van der Waals surface area contributed by atoms with E-state index in [4.69, 9.17) is 0 Å². The van der Waals surface area contributed by atoms with Crippen molar-refractivity contribution in [3.63, 3.8) is 0 Å². The molecular formula is C27H36FN3O. The molecule has 2 saturated heterocycles. The van der Waals surface area contributed by atoms with Crippen LogP contribution in [0.5, 0.6) is 0 Å². The Balaban J connectivity index is 1.29. The smallest absolute Gasteiger partial charge is 0.224 e. The number of benzene rings is 2. The second-order valence-corrected chi connectivity index (χ2v) is 9.69. The fraction of sp³-hybridized carbons (Fsp3) is 0.519. The minimum Gasteiger partial charge on any atom is -0.372 e. The van der Waals surface area contributed by atoms with Crippen molar-refractivity contribution in [2.45, 2.75) is 52.1 Å². The van der Waals surface area contributed by atoms with E-state index in [1.807, 2.05) is 12.1 Å². The lowest BCUT2D eigenvalue weighted by Crippen LogP contribution is -2.43. The second-order valence-electron chi connectivity index (χ2n) is 9.69. The molecule has 0 bridgehead atoms. The molecule has 5 heteroatoms. The lowest BCUT2D eigenvalue weighted by atomic mass is 9.95. The monoisotopic (exact) mass is 437 g/mol. The van der Waals surface area contributed by atoms with Crippen LogP contribution in [-0.2, 0) is 11.3 Å². The fourth-order valence-corrected chi connectivity index (χ4v) is 4.92. The molecule has 1 N–H and O–H groups in total. The van der Waals surface area contributed by atoms with Crippen LogP contribution in [0.15, 0.2) is 48.5 Å². The zero-order valence-corrected chi connectivity index (χ0v) is 19.4. The maximum atomic E-state index is 13.2. The summed E-state index contributed by atoms with van der Waals surface area (Å²) in [5.41, 5.74) is 3.51. The second kappa shape index (κ2) is 10.5. The van der Waals surface area contributed by atoms with Crippen LogP contribution in [-0.4, -0.2) is 37.0 Å². The Kier molecular flexibility index (Phi) is 7.46. The van der Waals surface area contributed by atoms with Gasteiger partial charge >= 0.3 is 0 Å². The van der Waals surface area contributed by atoms with Crippen molar-refractivity contribution in [3.8, 4) is 0 Å². The molecule has 2 heterocycles. The summed E-state index contributed by atoms with van der Waals surface area (Å²) in [6.07, 6.45) is 4.45. The number of anilines is 1. The van der Waals surface area contributed by atoms with Gasteiger partial charge in [0.1, 0.15) is 5.82 Å². The van der Waals surface area contributed by atoms with Crippen molar-refractivity contribution in [2.24, 2.45) is 11.8 Å². The molecule has 2 atom stereocenters. The number of hydrogen-bond donors (Lipinski definition) is 1. The lowest BCUT2D eigenvalue weighted by Gasteiger charge is -2.33. The quantitative estimate of drug-likeness (QED) is 0.679. The normalized spacial score (nSPS) is 21.3. The van der Waals surface area contributed by atoms with Crippen LogP contribution in [0.25, 0.3) is 0 Å². The van der Waals surface area contributed by atoms with Crippen LogP contribution >= 0.6 is 0 Å². The summed E-state index contributed by atoms with van der Waals surface area (Å²) in [6, 6.07) is 15.3. The van der Waals surface area contributed by atoms with Gasteiger partial charge in [0.25, 0.3) is 0 Å². The summed E-state index contributed by atoms with van der Waals surface area (Å²) in [5.74, 6) is 0.751. The maximum absolute atomic E-state index is 13.2. The van der Waals surface area contributed by atoms with E-state index in [2.05, 4.69) is 53.2 Å². The molecule has 0 unspecified atom stereocenters. The molecule has 32 heavy (non-hydrogen) atoms. The highest BCUT2D eigenvalue weighted by Gasteiger charge is 2.27. The Hall–Kier alpha value is -2.40. The fourth-order valence-electron chi connectivity index (χ4n) is 4.92. The predicted octanol–water partition coefficient (Wildman–Crippen LogP) is 5.15. The zero-order chi connectivity index (χ0) is 22.5. The Bertz CT molecular complexity index is 875. The highest BCUT2D eigenvalue weighted by molar-refractivity contribution is 5.79. The van der Waals surface area contributed by atoms with E-state index in [1.54, 1.807) is 0 Å². The van der Waals surface area contributed by atoms with Crippen molar-refractivity contribution in [1.82, 2.24) is 10.2 Å². The Morgan fingerprint density at radius 2 is 1.72 bits per heavy atom. The van der Waals surface area contributed by atoms with Crippen LogP contribution in [0.1, 0.15) is 56.7 Å². The molecule has 2 aromatic carbocycles. The van der Waals surface area contributed by atoms with Crippen molar-refractivity contribution >= 4 is 11.6 Å². The van der Waals surface area contributed by atoms with E-state index in [-0.39, 0.29) is 23.7 Å². The minimum absolute atomic E-state index is 0.00117. The van der Waals surface area contributed by atoms with Crippen LogP contribution in [0.3, 0.4) is 0 Å². The molecule has 0 spiro atoms. The highest BCUT2D eigenvalue weighted by Crippen LogP contribution is 2.25. The summed E-state index contributed by atoms with van der Waals surface area (Å²) in [4.78, 5) is 17.7. The van der Waals surface area contributed by atoms with E-state index < -0.39 is 0 Å². The van der Waals surface area contributed by atoms with Gasteiger partial charge in [-0.05, 0) is 80.5 Å². The summed E-state index contributed by atoms with van der Waals surface area (Å²) in [7, 11) is 0. The summed E-state index contributed by atoms with van der Waals surface area (Å²) < 4.78 is 13.2. The Labute approximate surface area is 191 Å². The molecule has 2 aliphatic heterocycles. The first-order valence-corrected chi connectivity index (χ1v) is 12.1. The number of hydrogen-bond acceptors (Lipinski definition) is 3. The van der Waals surface area contributed by atoms with Gasteiger partial charge in [-0.25, -0.2) is 4.39 Å². The standard InChI is InChI=1S/C27H36FN3O/c1-20-13-16-31(17-14-20)26-11-7-23(8-12-26)21(2)29-27(32)24-4-3-15-30(19-24)18-22-5-9-25(28)10-6-22/h5-12,20-21,24H,3-4,13-19H2,1-2H3,(H,29,32)/t21-,24-/m0/s1. The van der Waals surface area contributed by atoms with Crippen LogP contribution < -0.4 is 10.2 Å². The molecule has 0 saturated carbocycles. The van der Waals surface area contributed by atoms with Gasteiger partial charge in [-0.15, -0.1) is 0 Å². The van der Waals surface area contributed by atoms with Crippen LogP contribution in [0.2, 0.25) is 0 Å². The van der Waals surface area contributed by atoms with Gasteiger partial charge in [-0.3, -0.25) is 9.69 Å². The van der Waals surface area contributed by atoms with Gasteiger partial charge in [-0.1, -0.05) is 31.2 Å². The summed E-state index contributed by atoms with van der Waals surface area (Å²) >= 11 is 0. The number of carbonyl (C=O) groups excluding carboxylic acids is 1. The molecule has 0 radical (unpaired) electrons. The summed E-state index contributed by atoms with van der Waals surface area (Å²) in [5, 5.41) is 3.23. The van der Waals surface area contributed by atoms with E-state index in [0.717, 1.165) is 62.6 Å². The molecule has 0 aromatic heterocycles. The van der Waals surface area contributed by atoms with E-state index in [1.165, 1.54) is 30.7 Å². The Morgan fingerprint density at radius 3 is 2.41 bits per heavy atom. The topological polar surface area (TPSA) is 35.6 Å². The Morgan fingerprint density at radius 1 is 1.03 bits per heavy atom. The molecule has 0 aliphatic carbocycles. The molecule has 2 aliphatic rings. The van der Waals surface area contributed by atoms with Gasteiger partial charge < -0.3 is 10.2 Å². The van der Waals surface area contributed by atoms with Gasteiger partial charge in [-0.2, -0.15) is 0 Å². The molecular weight excluding hydrogens is 401 g/mol. The number of rotatable bonds is 6. The average molecular weight is 438 g/mol. The van der Waals surface area contributed by atoms with Crippen molar-refractivity contribution < 1.29 is 9.18 Å². The third-order valence-corrected chi connectivity index (χ3v) is 7.10. The van der Waals surface area contributed by atoms with Gasteiger partial charge in [0, 0.05) is 31.9 Å². The number of nitrogens with one attached hydrogen (secondary N) is 1. The average Bonchev–Trinajstić information content (AvgIpc) is 2.81. The van der Waals surface area contributed by atoms with Gasteiger partial charge in [0.05, 0.1) is 12.0 Å². The van der Waals surface area contributed by atoms with Gasteiger partial charge in [0.15, 0.2) is 0 Å². The zero-order valence-electron chi connectivity index (χ0n) is 19.4. The number of halogens is 1. The molecule has 4 nitrogen and oxygen atoms in total.